The maximum atomic E-state index is 12.2. The van der Waals surface area contributed by atoms with Crippen LogP contribution in [0.5, 0.6) is 0 Å². The van der Waals surface area contributed by atoms with Crippen LogP contribution in [-0.4, -0.2) is 34.4 Å². The molecule has 8 heteroatoms. The number of ether oxygens (including phenoxy) is 1. The second-order valence-electron chi connectivity index (χ2n) is 6.75. The lowest BCUT2D eigenvalue weighted by molar-refractivity contribution is -0.139. The molecule has 140 valence electrons. The zero-order chi connectivity index (χ0) is 19.3. The van der Waals surface area contributed by atoms with Gasteiger partial charge in [0.25, 0.3) is 11.1 Å². The molecule has 0 aliphatic heterocycles. The summed E-state index contributed by atoms with van der Waals surface area (Å²) in [5.41, 5.74) is 1.76. The Labute approximate surface area is 156 Å². The molecule has 7 nitrogen and oxygen atoms in total. The van der Waals surface area contributed by atoms with Gasteiger partial charge in [0.15, 0.2) is 0 Å². The average molecular weight is 377 g/mol. The first-order chi connectivity index (χ1) is 12.2. The number of aromatic nitrogens is 2. The molecule has 0 saturated heterocycles. The third-order valence-electron chi connectivity index (χ3n) is 3.67. The highest BCUT2D eigenvalue weighted by atomic mass is 32.2. The largest absolute Gasteiger partial charge is 0.468 e. The Balaban J connectivity index is 1.90. The highest BCUT2D eigenvalue weighted by Gasteiger charge is 2.19. The van der Waals surface area contributed by atoms with Crippen LogP contribution < -0.4 is 5.32 Å². The minimum Gasteiger partial charge on any atom is -0.468 e. The van der Waals surface area contributed by atoms with Gasteiger partial charge in [-0.3, -0.25) is 9.59 Å². The van der Waals surface area contributed by atoms with Crippen LogP contribution in [0.2, 0.25) is 0 Å². The first-order valence-corrected chi connectivity index (χ1v) is 9.04. The number of nitrogens with one attached hydrogen (secondary N) is 1. The molecule has 1 heterocycles. The maximum absolute atomic E-state index is 12.2. The molecule has 0 aliphatic carbocycles. The van der Waals surface area contributed by atoms with E-state index in [1.807, 2.05) is 12.1 Å². The van der Waals surface area contributed by atoms with Gasteiger partial charge in [0, 0.05) is 5.56 Å². The predicted octanol–water partition coefficient (Wildman–Crippen LogP) is 2.95. The predicted molar refractivity (Wildman–Crippen MR) is 97.9 cm³/mol. The first kappa shape index (κ1) is 20.0. The number of hydrogen-bond acceptors (Lipinski definition) is 7. The molecule has 2 aromatic rings. The van der Waals surface area contributed by atoms with E-state index in [9.17, 15) is 9.59 Å². The molecule has 0 fully saturated rings. The molecule has 1 amide bonds. The van der Waals surface area contributed by atoms with Crippen molar-refractivity contribution in [3.63, 3.8) is 0 Å². The molecule has 0 saturated carbocycles. The summed E-state index contributed by atoms with van der Waals surface area (Å²) in [6.07, 6.45) is 0. The second kappa shape index (κ2) is 8.35. The number of rotatable bonds is 6. The highest BCUT2D eigenvalue weighted by Crippen LogP contribution is 2.23. The molecule has 1 aromatic carbocycles. The van der Waals surface area contributed by atoms with Gasteiger partial charge in [0.1, 0.15) is 5.25 Å². The maximum Gasteiger partial charge on any atom is 0.319 e. The summed E-state index contributed by atoms with van der Waals surface area (Å²) < 4.78 is 10.1. The van der Waals surface area contributed by atoms with Crippen LogP contribution in [0.3, 0.4) is 0 Å². The number of carbonyl (C=O) groups is 2. The molecule has 1 N–H and O–H groups in total. The molecule has 0 unspecified atom stereocenters. The van der Waals surface area contributed by atoms with Crippen molar-refractivity contribution < 1.29 is 18.7 Å². The van der Waals surface area contributed by atoms with Crippen molar-refractivity contribution in [1.29, 1.82) is 0 Å². The Morgan fingerprint density at radius 3 is 2.46 bits per heavy atom. The van der Waals surface area contributed by atoms with Crippen LogP contribution in [0.15, 0.2) is 33.9 Å². The Hall–Kier alpha value is -2.35. The minimum absolute atomic E-state index is 0.0359. The fourth-order valence-corrected chi connectivity index (χ4v) is 2.83. The summed E-state index contributed by atoms with van der Waals surface area (Å²) in [7, 11) is 1.32. The van der Waals surface area contributed by atoms with E-state index in [0.29, 0.717) is 5.56 Å². The van der Waals surface area contributed by atoms with Crippen molar-refractivity contribution in [2.24, 2.45) is 0 Å². The summed E-state index contributed by atoms with van der Waals surface area (Å²) in [6.45, 7) is 8.15. The van der Waals surface area contributed by atoms with E-state index in [4.69, 9.17) is 4.42 Å². The smallest absolute Gasteiger partial charge is 0.319 e. The summed E-state index contributed by atoms with van der Waals surface area (Å²) in [4.78, 5) is 23.6. The average Bonchev–Trinajstić information content (AvgIpc) is 3.05. The van der Waals surface area contributed by atoms with Gasteiger partial charge in [-0.05, 0) is 30.0 Å². The van der Waals surface area contributed by atoms with Crippen LogP contribution in [0.1, 0.15) is 49.5 Å². The van der Waals surface area contributed by atoms with Crippen molar-refractivity contribution in [2.75, 3.05) is 7.11 Å². The van der Waals surface area contributed by atoms with Gasteiger partial charge in [0.2, 0.25) is 5.89 Å². The topological polar surface area (TPSA) is 94.3 Å². The summed E-state index contributed by atoms with van der Waals surface area (Å²) in [5, 5.41) is 10.2. The SMILES string of the molecule is COC(=O)[C@H](C)Sc1nnc(CNC(=O)c2ccc(C(C)(C)C)cc2)o1. The zero-order valence-corrected chi connectivity index (χ0v) is 16.3. The van der Waals surface area contributed by atoms with Gasteiger partial charge in [-0.2, -0.15) is 0 Å². The molecule has 0 aliphatic rings. The number of benzene rings is 1. The van der Waals surface area contributed by atoms with Crippen LogP contribution in [-0.2, 0) is 21.5 Å². The van der Waals surface area contributed by atoms with E-state index in [-0.39, 0.29) is 34.9 Å². The van der Waals surface area contributed by atoms with Crippen molar-refractivity contribution >= 4 is 23.6 Å². The van der Waals surface area contributed by atoms with Crippen molar-refractivity contribution in [2.45, 2.75) is 50.1 Å². The number of methoxy groups -OCH3 is 1. The van der Waals surface area contributed by atoms with Gasteiger partial charge in [-0.25, -0.2) is 0 Å². The lowest BCUT2D eigenvalue weighted by Gasteiger charge is -2.18. The third-order valence-corrected chi connectivity index (χ3v) is 4.58. The molecular weight excluding hydrogens is 354 g/mol. The van der Waals surface area contributed by atoms with Crippen LogP contribution in [0.4, 0.5) is 0 Å². The van der Waals surface area contributed by atoms with Gasteiger partial charge < -0.3 is 14.5 Å². The van der Waals surface area contributed by atoms with Crippen molar-refractivity contribution in [3.05, 3.63) is 41.3 Å². The Morgan fingerprint density at radius 1 is 1.23 bits per heavy atom. The van der Waals surface area contributed by atoms with Gasteiger partial charge in [0.05, 0.1) is 13.7 Å². The quantitative estimate of drug-likeness (QED) is 0.611. The summed E-state index contributed by atoms with van der Waals surface area (Å²) in [6, 6.07) is 7.49. The number of thioether (sulfide) groups is 1. The van der Waals surface area contributed by atoms with Gasteiger partial charge in [-0.15, -0.1) is 10.2 Å². The zero-order valence-electron chi connectivity index (χ0n) is 15.5. The van der Waals surface area contributed by atoms with Crippen LogP contribution >= 0.6 is 11.8 Å². The Kier molecular flexibility index (Phi) is 6.42. The summed E-state index contributed by atoms with van der Waals surface area (Å²) in [5.74, 6) is -0.327. The van der Waals surface area contributed by atoms with Gasteiger partial charge in [-0.1, -0.05) is 44.7 Å². The Morgan fingerprint density at radius 2 is 1.88 bits per heavy atom. The Bertz CT molecular complexity index is 765. The number of amides is 1. The number of carbonyl (C=O) groups excluding carboxylic acids is 2. The number of nitrogens with zero attached hydrogens (tertiary/aromatic N) is 2. The van der Waals surface area contributed by atoms with E-state index in [0.717, 1.165) is 17.3 Å². The third kappa shape index (κ3) is 5.32. The standard InChI is InChI=1S/C18H23N3O4S/c1-11(16(23)24-5)26-17-21-20-14(25-17)10-19-15(22)12-6-8-13(9-7-12)18(2,3)4/h6-9,11H,10H2,1-5H3,(H,19,22)/t11-/m0/s1. The van der Waals surface area contributed by atoms with Crippen molar-refractivity contribution in [3.8, 4) is 0 Å². The van der Waals surface area contributed by atoms with Crippen LogP contribution in [0, 0.1) is 0 Å². The first-order valence-electron chi connectivity index (χ1n) is 8.16. The van der Waals surface area contributed by atoms with E-state index in [1.165, 1.54) is 7.11 Å². The highest BCUT2D eigenvalue weighted by molar-refractivity contribution is 8.00. The van der Waals surface area contributed by atoms with E-state index in [1.54, 1.807) is 19.1 Å². The monoisotopic (exact) mass is 377 g/mol. The second-order valence-corrected chi connectivity index (χ2v) is 8.05. The molecule has 1 aromatic heterocycles. The lowest BCUT2D eigenvalue weighted by Crippen LogP contribution is -2.23. The number of esters is 1. The molecule has 26 heavy (non-hydrogen) atoms. The fourth-order valence-electron chi connectivity index (χ4n) is 2.10. The lowest BCUT2D eigenvalue weighted by atomic mass is 9.87. The van der Waals surface area contributed by atoms with Gasteiger partial charge >= 0.3 is 5.97 Å². The molecule has 0 radical (unpaired) electrons. The van der Waals surface area contributed by atoms with E-state index in [2.05, 4.69) is 41.0 Å². The van der Waals surface area contributed by atoms with E-state index < -0.39 is 5.25 Å². The summed E-state index contributed by atoms with van der Waals surface area (Å²) >= 11 is 1.10. The number of hydrogen-bond donors (Lipinski definition) is 1. The van der Waals surface area contributed by atoms with E-state index >= 15 is 0 Å². The van der Waals surface area contributed by atoms with Crippen molar-refractivity contribution in [1.82, 2.24) is 15.5 Å². The molecular formula is C18H23N3O4S. The molecule has 1 atom stereocenters. The molecule has 0 spiro atoms. The molecule has 0 bridgehead atoms. The van der Waals surface area contributed by atoms with Crippen LogP contribution in [0.25, 0.3) is 0 Å². The fraction of sp³-hybridized carbons (Fsp3) is 0.444. The minimum atomic E-state index is -0.454. The normalized spacial score (nSPS) is 12.5. The molecule has 2 rings (SSSR count).